The second-order valence-corrected chi connectivity index (χ2v) is 7.33. The smallest absolute Gasteiger partial charge is 0.126 e. The summed E-state index contributed by atoms with van der Waals surface area (Å²) in [5.41, 5.74) is 2.32. The lowest BCUT2D eigenvalue weighted by Crippen LogP contribution is -2.41. The Morgan fingerprint density at radius 2 is 1.96 bits per heavy atom. The Morgan fingerprint density at radius 1 is 1.15 bits per heavy atom. The summed E-state index contributed by atoms with van der Waals surface area (Å²) in [6, 6.07) is 4.34. The van der Waals surface area contributed by atoms with Crippen LogP contribution in [0.15, 0.2) is 30.7 Å². The molecule has 2 aromatic rings. The molecule has 0 spiro atoms. The SMILES string of the molecule is C[C@@H]1c2ncc(COCc3ccncc3)n2CCN1CC1CCOCC1. The molecular formula is C20H28N4O2. The van der Waals surface area contributed by atoms with Crippen LogP contribution in [-0.4, -0.2) is 45.7 Å². The fourth-order valence-corrected chi connectivity index (χ4v) is 3.98. The van der Waals surface area contributed by atoms with E-state index in [-0.39, 0.29) is 0 Å². The van der Waals surface area contributed by atoms with Crippen LogP contribution in [0.4, 0.5) is 0 Å². The van der Waals surface area contributed by atoms with Gasteiger partial charge in [0.15, 0.2) is 0 Å². The van der Waals surface area contributed by atoms with Crippen molar-refractivity contribution in [3.63, 3.8) is 0 Å². The van der Waals surface area contributed by atoms with E-state index in [4.69, 9.17) is 14.5 Å². The van der Waals surface area contributed by atoms with E-state index in [0.717, 1.165) is 44.3 Å². The molecule has 0 saturated carbocycles. The van der Waals surface area contributed by atoms with Gasteiger partial charge in [-0.1, -0.05) is 0 Å². The number of pyridine rings is 1. The van der Waals surface area contributed by atoms with Crippen LogP contribution in [-0.2, 0) is 29.2 Å². The minimum atomic E-state index is 0.362. The van der Waals surface area contributed by atoms with E-state index < -0.39 is 0 Å². The molecule has 0 amide bonds. The first-order valence-corrected chi connectivity index (χ1v) is 9.64. The van der Waals surface area contributed by atoms with Gasteiger partial charge >= 0.3 is 0 Å². The molecule has 140 valence electrons. The standard InChI is InChI=1S/C20H28N4O2/c1-16-20-22-12-19(15-26-14-18-2-6-21-7-3-18)24(20)9-8-23(16)13-17-4-10-25-11-5-17/h2-3,6-7,12,16-17H,4-5,8-11,13-15H2,1H3/t16-/m1/s1. The summed E-state index contributed by atoms with van der Waals surface area (Å²) in [6.45, 7) is 8.55. The molecule has 2 aliphatic heterocycles. The van der Waals surface area contributed by atoms with Crippen molar-refractivity contribution < 1.29 is 9.47 Å². The van der Waals surface area contributed by atoms with Crippen molar-refractivity contribution in [1.29, 1.82) is 0 Å². The van der Waals surface area contributed by atoms with Gasteiger partial charge in [-0.25, -0.2) is 4.98 Å². The number of ether oxygens (including phenoxy) is 2. The van der Waals surface area contributed by atoms with Crippen molar-refractivity contribution >= 4 is 0 Å². The van der Waals surface area contributed by atoms with Crippen molar-refractivity contribution in [2.45, 2.75) is 45.6 Å². The molecule has 0 unspecified atom stereocenters. The largest absolute Gasteiger partial charge is 0.381 e. The summed E-state index contributed by atoms with van der Waals surface area (Å²) in [4.78, 5) is 11.3. The lowest BCUT2D eigenvalue weighted by atomic mass is 9.98. The zero-order chi connectivity index (χ0) is 17.8. The maximum Gasteiger partial charge on any atom is 0.126 e. The van der Waals surface area contributed by atoms with E-state index in [1.54, 1.807) is 12.4 Å². The summed E-state index contributed by atoms with van der Waals surface area (Å²) < 4.78 is 13.7. The van der Waals surface area contributed by atoms with Crippen molar-refractivity contribution in [1.82, 2.24) is 19.4 Å². The van der Waals surface area contributed by atoms with E-state index in [1.807, 2.05) is 18.3 Å². The number of nitrogens with zero attached hydrogens (tertiary/aromatic N) is 4. The number of imidazole rings is 1. The van der Waals surface area contributed by atoms with Crippen LogP contribution < -0.4 is 0 Å². The first kappa shape index (κ1) is 17.6. The van der Waals surface area contributed by atoms with Crippen LogP contribution >= 0.6 is 0 Å². The van der Waals surface area contributed by atoms with E-state index in [1.165, 1.54) is 24.4 Å². The second-order valence-electron chi connectivity index (χ2n) is 7.33. The van der Waals surface area contributed by atoms with Gasteiger partial charge < -0.3 is 14.0 Å². The number of hydrogen-bond donors (Lipinski definition) is 0. The third-order valence-corrected chi connectivity index (χ3v) is 5.60. The second kappa shape index (κ2) is 8.29. The van der Waals surface area contributed by atoms with Gasteiger partial charge in [-0.3, -0.25) is 9.88 Å². The van der Waals surface area contributed by atoms with Crippen LogP contribution in [0.25, 0.3) is 0 Å². The normalized spacial score (nSPS) is 21.7. The average Bonchev–Trinajstić information content (AvgIpc) is 3.10. The molecule has 4 heterocycles. The molecular weight excluding hydrogens is 328 g/mol. The molecule has 0 bridgehead atoms. The number of fused-ring (bicyclic) bond motifs is 1. The molecule has 6 heteroatoms. The Bertz CT molecular complexity index is 697. The zero-order valence-corrected chi connectivity index (χ0v) is 15.5. The minimum Gasteiger partial charge on any atom is -0.381 e. The van der Waals surface area contributed by atoms with Crippen LogP contribution in [0, 0.1) is 5.92 Å². The predicted octanol–water partition coefficient (Wildman–Crippen LogP) is 2.80. The molecule has 1 saturated heterocycles. The summed E-state index contributed by atoms with van der Waals surface area (Å²) in [7, 11) is 0. The van der Waals surface area contributed by atoms with Gasteiger partial charge in [0, 0.05) is 45.2 Å². The number of aromatic nitrogens is 3. The highest BCUT2D eigenvalue weighted by Gasteiger charge is 2.29. The molecule has 0 radical (unpaired) electrons. The number of rotatable bonds is 6. The van der Waals surface area contributed by atoms with Crippen LogP contribution in [0.5, 0.6) is 0 Å². The van der Waals surface area contributed by atoms with E-state index in [2.05, 4.69) is 21.4 Å². The Hall–Kier alpha value is -1.76. The molecule has 0 aliphatic carbocycles. The lowest BCUT2D eigenvalue weighted by molar-refractivity contribution is 0.0402. The van der Waals surface area contributed by atoms with Gasteiger partial charge in [0.25, 0.3) is 0 Å². The zero-order valence-electron chi connectivity index (χ0n) is 15.5. The molecule has 1 fully saturated rings. The van der Waals surface area contributed by atoms with Gasteiger partial charge in [-0.05, 0) is 43.4 Å². The monoisotopic (exact) mass is 356 g/mol. The quantitative estimate of drug-likeness (QED) is 0.797. The van der Waals surface area contributed by atoms with Crippen molar-refractivity contribution in [2.24, 2.45) is 5.92 Å². The third-order valence-electron chi connectivity index (χ3n) is 5.60. The fraction of sp³-hybridized carbons (Fsp3) is 0.600. The van der Waals surface area contributed by atoms with Gasteiger partial charge in [-0.15, -0.1) is 0 Å². The lowest BCUT2D eigenvalue weighted by Gasteiger charge is -2.37. The summed E-state index contributed by atoms with van der Waals surface area (Å²) >= 11 is 0. The van der Waals surface area contributed by atoms with E-state index >= 15 is 0 Å². The van der Waals surface area contributed by atoms with Crippen molar-refractivity contribution in [3.8, 4) is 0 Å². The van der Waals surface area contributed by atoms with Crippen LogP contribution in [0.1, 0.15) is 42.9 Å². The summed E-state index contributed by atoms with van der Waals surface area (Å²) in [5, 5.41) is 0. The third kappa shape index (κ3) is 3.98. The Kier molecular flexibility index (Phi) is 5.62. The molecule has 1 atom stereocenters. The van der Waals surface area contributed by atoms with Crippen LogP contribution in [0.2, 0.25) is 0 Å². The molecule has 6 nitrogen and oxygen atoms in total. The first-order valence-electron chi connectivity index (χ1n) is 9.64. The maximum atomic E-state index is 5.90. The Morgan fingerprint density at radius 3 is 2.77 bits per heavy atom. The molecule has 2 aliphatic rings. The molecule has 2 aromatic heterocycles. The van der Waals surface area contributed by atoms with Crippen molar-refractivity contribution in [3.05, 3.63) is 47.8 Å². The van der Waals surface area contributed by atoms with E-state index in [9.17, 15) is 0 Å². The highest BCUT2D eigenvalue weighted by Crippen LogP contribution is 2.28. The van der Waals surface area contributed by atoms with Crippen LogP contribution in [0.3, 0.4) is 0 Å². The highest BCUT2D eigenvalue weighted by molar-refractivity contribution is 5.11. The molecule has 4 rings (SSSR count). The average molecular weight is 356 g/mol. The maximum absolute atomic E-state index is 5.90. The summed E-state index contributed by atoms with van der Waals surface area (Å²) in [5.74, 6) is 1.93. The fourth-order valence-electron chi connectivity index (χ4n) is 3.98. The highest BCUT2D eigenvalue weighted by atomic mass is 16.5. The van der Waals surface area contributed by atoms with Gasteiger partial charge in [-0.2, -0.15) is 0 Å². The molecule has 0 aromatic carbocycles. The topological polar surface area (TPSA) is 52.4 Å². The molecule has 0 N–H and O–H groups in total. The first-order chi connectivity index (χ1) is 12.8. The summed E-state index contributed by atoms with van der Waals surface area (Å²) in [6.07, 6.45) is 7.95. The Labute approximate surface area is 155 Å². The van der Waals surface area contributed by atoms with Crippen molar-refractivity contribution in [2.75, 3.05) is 26.3 Å². The van der Waals surface area contributed by atoms with E-state index in [0.29, 0.717) is 19.3 Å². The van der Waals surface area contributed by atoms with Gasteiger partial charge in [0.2, 0.25) is 0 Å². The van der Waals surface area contributed by atoms with Gasteiger partial charge in [0.05, 0.1) is 31.1 Å². The number of hydrogen-bond acceptors (Lipinski definition) is 5. The Balaban J connectivity index is 1.34. The molecule has 26 heavy (non-hydrogen) atoms. The van der Waals surface area contributed by atoms with Gasteiger partial charge in [0.1, 0.15) is 5.82 Å². The minimum absolute atomic E-state index is 0.362. The predicted molar refractivity (Wildman–Crippen MR) is 98.5 cm³/mol.